The minimum Gasteiger partial charge on any atom is -0.423 e. The van der Waals surface area contributed by atoms with E-state index in [1.54, 1.807) is 12.1 Å². The quantitative estimate of drug-likeness (QED) is 0.644. The van der Waals surface area contributed by atoms with Crippen LogP contribution in [0.3, 0.4) is 0 Å². The van der Waals surface area contributed by atoms with Gasteiger partial charge in [-0.2, -0.15) is 0 Å². The number of fused-ring (bicyclic) bond motifs is 1. The lowest BCUT2D eigenvalue weighted by Crippen LogP contribution is -1.94. The number of rotatable bonds is 0. The van der Waals surface area contributed by atoms with Crippen LogP contribution in [0, 0.1) is 5.82 Å². The predicted molar refractivity (Wildman–Crippen MR) is 52.1 cm³/mol. The van der Waals surface area contributed by atoms with Crippen molar-refractivity contribution in [2.75, 3.05) is 0 Å². The molecule has 0 aliphatic rings. The summed E-state index contributed by atoms with van der Waals surface area (Å²) in [5, 5.41) is 0.719. The van der Waals surface area contributed by atoms with Crippen molar-refractivity contribution in [2.24, 2.45) is 0 Å². The number of halogens is 1. The zero-order valence-corrected chi connectivity index (χ0v) is 8.53. The molecule has 0 radical (unpaired) electrons. The van der Waals surface area contributed by atoms with E-state index in [1.165, 1.54) is 18.2 Å². The maximum absolute atomic E-state index is 12.6. The molecule has 0 bridgehead atoms. The van der Waals surface area contributed by atoms with Gasteiger partial charge in [0.15, 0.2) is 0 Å². The first-order valence-corrected chi connectivity index (χ1v) is 4.95. The van der Waals surface area contributed by atoms with Crippen molar-refractivity contribution >= 4 is 21.6 Å². The van der Waals surface area contributed by atoms with Crippen molar-refractivity contribution in [3.05, 3.63) is 46.6 Å². The Morgan fingerprint density at radius 2 is 1.62 bits per heavy atom. The van der Waals surface area contributed by atoms with Gasteiger partial charge in [0, 0.05) is 17.5 Å². The largest absolute Gasteiger partial charge is 0.425 e. The molecule has 0 N–H and O–H groups in total. The van der Waals surface area contributed by atoms with Crippen molar-refractivity contribution in [1.29, 1.82) is 0 Å². The Hall–Kier alpha value is -2.02. The van der Waals surface area contributed by atoms with Crippen molar-refractivity contribution < 1.29 is 21.4 Å². The van der Waals surface area contributed by atoms with Gasteiger partial charge >= 0.3 is 16.2 Å². The second kappa shape index (κ2) is 5.17. The van der Waals surface area contributed by atoms with Crippen LogP contribution in [0.5, 0.6) is 0 Å². The highest BCUT2D eigenvalue weighted by Crippen LogP contribution is 2.12. The summed E-state index contributed by atoms with van der Waals surface area (Å²) in [6, 6.07) is 6.98. The van der Waals surface area contributed by atoms with Gasteiger partial charge in [0.2, 0.25) is 0 Å². The minimum atomic E-state index is -3.11. The molecule has 0 atom stereocenters. The van der Waals surface area contributed by atoms with Gasteiger partial charge in [0.05, 0.1) is 0 Å². The van der Waals surface area contributed by atoms with Crippen LogP contribution in [0.4, 0.5) is 4.39 Å². The molecule has 1 aromatic heterocycles. The summed E-state index contributed by atoms with van der Waals surface area (Å²) in [6.07, 6.45) is 0. The maximum atomic E-state index is 12.6. The molecule has 0 fully saturated rings. The first-order valence-electron chi connectivity index (χ1n) is 3.95. The molecule has 16 heavy (non-hydrogen) atoms. The summed E-state index contributed by atoms with van der Waals surface area (Å²) in [5.74, 6) is -0.406. The molecule has 84 valence electrons. The highest BCUT2D eigenvalue weighted by molar-refractivity contribution is 7.59. The molecule has 5 nitrogen and oxygen atoms in total. The van der Waals surface area contributed by atoms with Crippen LogP contribution in [0.15, 0.2) is 39.5 Å². The Bertz CT molecular complexity index is 652. The molecule has 0 spiro atoms. The summed E-state index contributed by atoms with van der Waals surface area (Å²) < 4.78 is 42.7. The van der Waals surface area contributed by atoms with E-state index in [2.05, 4.69) is 0 Å². The van der Waals surface area contributed by atoms with Crippen LogP contribution in [-0.2, 0) is 10.6 Å². The Labute approximate surface area is 90.2 Å². The molecule has 7 heteroatoms. The second-order valence-electron chi connectivity index (χ2n) is 2.64. The molecule has 0 saturated heterocycles. The summed E-state index contributed by atoms with van der Waals surface area (Å²) in [4.78, 5) is 10.7. The molecular formula is C9H5FO5S. The van der Waals surface area contributed by atoms with Gasteiger partial charge in [-0.15, -0.1) is 12.6 Å². The fraction of sp³-hybridized carbons (Fsp3) is 0. The summed E-state index contributed by atoms with van der Waals surface area (Å²) >= 11 is 0. The van der Waals surface area contributed by atoms with Crippen LogP contribution in [0.2, 0.25) is 0 Å². The molecule has 1 aromatic carbocycles. The number of hydrogen-bond acceptors (Lipinski definition) is 5. The molecular weight excluding hydrogens is 239 g/mol. The monoisotopic (exact) mass is 244 g/mol. The Morgan fingerprint density at radius 1 is 1.06 bits per heavy atom. The average molecular weight is 244 g/mol. The van der Waals surface area contributed by atoms with Crippen LogP contribution < -0.4 is 5.63 Å². The molecule has 1 heterocycles. The highest BCUT2D eigenvalue weighted by Gasteiger charge is 1.97. The smallest absolute Gasteiger partial charge is 0.423 e. The van der Waals surface area contributed by atoms with Gasteiger partial charge in [0.1, 0.15) is 11.4 Å². The fourth-order valence-corrected chi connectivity index (χ4v) is 1.03. The molecule has 0 aliphatic carbocycles. The SMILES string of the molecule is O=S(=O)=O.O=c1ccc2ccc(F)cc2o1. The third-order valence-electron chi connectivity index (χ3n) is 1.59. The summed E-state index contributed by atoms with van der Waals surface area (Å²) in [7, 11) is -3.11. The van der Waals surface area contributed by atoms with Crippen LogP contribution in [0.25, 0.3) is 11.0 Å². The normalized spacial score (nSPS) is 9.31. The van der Waals surface area contributed by atoms with E-state index >= 15 is 0 Å². The van der Waals surface area contributed by atoms with Gasteiger partial charge < -0.3 is 4.42 Å². The molecule has 2 rings (SSSR count). The molecule has 0 saturated carbocycles. The average Bonchev–Trinajstić information content (AvgIpc) is 2.15. The zero-order valence-electron chi connectivity index (χ0n) is 7.71. The van der Waals surface area contributed by atoms with Gasteiger partial charge in [-0.3, -0.25) is 0 Å². The predicted octanol–water partition coefficient (Wildman–Crippen LogP) is 0.928. The second-order valence-corrected chi connectivity index (χ2v) is 3.05. The van der Waals surface area contributed by atoms with E-state index in [-0.39, 0.29) is 5.58 Å². The van der Waals surface area contributed by atoms with E-state index in [0.29, 0.717) is 0 Å². The maximum Gasteiger partial charge on any atom is 0.425 e. The minimum absolute atomic E-state index is 0.280. The molecule has 0 aliphatic heterocycles. The van der Waals surface area contributed by atoms with Gasteiger partial charge in [-0.1, -0.05) is 0 Å². The molecule has 0 amide bonds. The van der Waals surface area contributed by atoms with Crippen molar-refractivity contribution in [1.82, 2.24) is 0 Å². The van der Waals surface area contributed by atoms with Crippen molar-refractivity contribution in [3.8, 4) is 0 Å². The van der Waals surface area contributed by atoms with E-state index in [9.17, 15) is 9.18 Å². The lowest BCUT2D eigenvalue weighted by Gasteiger charge is -1.93. The van der Waals surface area contributed by atoms with E-state index in [0.717, 1.165) is 5.39 Å². The van der Waals surface area contributed by atoms with Crippen LogP contribution in [0.1, 0.15) is 0 Å². The number of hydrogen-bond donors (Lipinski definition) is 0. The Kier molecular flexibility index (Phi) is 3.90. The third kappa shape index (κ3) is 3.62. The fourth-order valence-electron chi connectivity index (χ4n) is 1.03. The summed E-state index contributed by atoms with van der Waals surface area (Å²) in [6.45, 7) is 0. The van der Waals surface area contributed by atoms with E-state index in [1.807, 2.05) is 0 Å². The van der Waals surface area contributed by atoms with E-state index < -0.39 is 22.1 Å². The van der Waals surface area contributed by atoms with Crippen molar-refractivity contribution in [2.45, 2.75) is 0 Å². The first-order chi connectivity index (χ1) is 7.49. The lowest BCUT2D eigenvalue weighted by molar-refractivity contribution is 0.554. The third-order valence-corrected chi connectivity index (χ3v) is 1.59. The standard InChI is InChI=1S/C9H5FO2.O3S/c10-7-3-1-6-2-4-9(11)12-8(6)5-7;1-4(2)3/h1-5H;. The summed E-state index contributed by atoms with van der Waals surface area (Å²) in [5.41, 5.74) is -0.185. The Balaban J connectivity index is 0.000000280. The lowest BCUT2D eigenvalue weighted by atomic mass is 10.2. The first kappa shape index (κ1) is 12.1. The molecule has 0 unspecified atom stereocenters. The highest BCUT2D eigenvalue weighted by atomic mass is 32.2. The van der Waals surface area contributed by atoms with Crippen LogP contribution in [-0.4, -0.2) is 12.6 Å². The van der Waals surface area contributed by atoms with Gasteiger partial charge in [-0.05, 0) is 18.2 Å². The van der Waals surface area contributed by atoms with E-state index in [4.69, 9.17) is 17.0 Å². The number of benzene rings is 1. The zero-order chi connectivity index (χ0) is 12.1. The van der Waals surface area contributed by atoms with Crippen molar-refractivity contribution in [3.63, 3.8) is 0 Å². The topological polar surface area (TPSA) is 81.4 Å². The Morgan fingerprint density at radius 3 is 2.25 bits per heavy atom. The van der Waals surface area contributed by atoms with Gasteiger partial charge in [0.25, 0.3) is 0 Å². The van der Waals surface area contributed by atoms with Gasteiger partial charge in [-0.25, -0.2) is 9.18 Å². The van der Waals surface area contributed by atoms with Crippen LogP contribution >= 0.6 is 0 Å². The molecule has 2 aromatic rings.